The third-order valence-electron chi connectivity index (χ3n) is 2.64. The number of Topliss-reactive ketones (excluding diaryl/α,β-unsaturated/α-hetero) is 1. The third-order valence-corrected chi connectivity index (χ3v) is 4.36. The summed E-state index contributed by atoms with van der Waals surface area (Å²) in [5.41, 5.74) is 9.78. The van der Waals surface area contributed by atoms with E-state index in [1.807, 2.05) is 6.92 Å². The molecule has 0 N–H and O–H groups in total. The summed E-state index contributed by atoms with van der Waals surface area (Å²) in [5, 5.41) is -0.814. The number of allylic oxidation sites excluding steroid dienone is 1. The molecule has 20 heavy (non-hydrogen) atoms. The Bertz CT molecular complexity index is 657. The van der Waals surface area contributed by atoms with Crippen molar-refractivity contribution >= 4 is 20.7 Å². The van der Waals surface area contributed by atoms with Crippen LogP contribution >= 0.6 is 0 Å². The lowest BCUT2D eigenvalue weighted by Crippen LogP contribution is -2.25. The summed E-state index contributed by atoms with van der Waals surface area (Å²) < 4.78 is 24.3. The summed E-state index contributed by atoms with van der Waals surface area (Å²) in [6.45, 7) is 5.53. The Hall–Kier alpha value is -2.04. The lowest BCUT2D eigenvalue weighted by Gasteiger charge is -2.00. The number of ketones is 1. The Morgan fingerprint density at radius 3 is 2.35 bits per heavy atom. The summed E-state index contributed by atoms with van der Waals surface area (Å²) >= 11 is 0. The second-order valence-corrected chi connectivity index (χ2v) is 6.32. The zero-order chi connectivity index (χ0) is 15.2. The molecule has 1 aromatic carbocycles. The van der Waals surface area contributed by atoms with Gasteiger partial charge in [-0.3, -0.25) is 4.79 Å². The smallest absolute Gasteiger partial charge is 0.360 e. The first kappa shape index (κ1) is 16.0. The molecule has 0 amide bonds. The van der Waals surface area contributed by atoms with Crippen molar-refractivity contribution in [2.24, 2.45) is 0 Å². The van der Waals surface area contributed by atoms with Gasteiger partial charge in [-0.1, -0.05) is 23.8 Å². The molecule has 1 rings (SSSR count). The van der Waals surface area contributed by atoms with E-state index in [0.717, 1.165) is 5.57 Å². The highest BCUT2D eigenvalue weighted by Gasteiger charge is 2.36. The van der Waals surface area contributed by atoms with Gasteiger partial charge in [0, 0.05) is 6.42 Å². The Morgan fingerprint density at radius 2 is 1.85 bits per heavy atom. The second kappa shape index (κ2) is 6.93. The average Bonchev–Trinajstić information content (AvgIpc) is 2.39. The van der Waals surface area contributed by atoms with Gasteiger partial charge in [0.25, 0.3) is 15.6 Å². The van der Waals surface area contributed by atoms with E-state index in [1.54, 1.807) is 6.07 Å². The van der Waals surface area contributed by atoms with Crippen LogP contribution in [0.5, 0.6) is 0 Å². The number of benzene rings is 1. The molecule has 0 spiro atoms. The topological polar surface area (TPSA) is 87.6 Å². The first-order valence-electron chi connectivity index (χ1n) is 6.09. The summed E-state index contributed by atoms with van der Waals surface area (Å²) in [4.78, 5) is 14.5. The highest BCUT2D eigenvalue weighted by Crippen LogP contribution is 2.13. The summed E-state index contributed by atoms with van der Waals surface area (Å²) in [7, 11) is -4.07. The summed E-state index contributed by atoms with van der Waals surface area (Å²) in [6, 6.07) is 7.42. The van der Waals surface area contributed by atoms with E-state index in [2.05, 4.69) is 11.4 Å². The molecule has 1 aromatic rings. The third kappa shape index (κ3) is 3.98. The minimum atomic E-state index is -4.07. The van der Waals surface area contributed by atoms with Crippen LogP contribution in [0.2, 0.25) is 0 Å². The normalized spacial score (nSPS) is 10.7. The fourth-order valence-corrected chi connectivity index (χ4v) is 2.88. The lowest BCUT2D eigenvalue weighted by atomic mass is 10.1. The predicted molar refractivity (Wildman–Crippen MR) is 75.9 cm³/mol. The number of hydrogen-bond acceptors (Lipinski definition) is 3. The van der Waals surface area contributed by atoms with Crippen LogP contribution in [0.25, 0.3) is 5.53 Å². The van der Waals surface area contributed by atoms with Crippen molar-refractivity contribution in [1.82, 2.24) is 0 Å². The molecule has 0 fully saturated rings. The van der Waals surface area contributed by atoms with Crippen molar-refractivity contribution in [3.05, 3.63) is 48.0 Å². The van der Waals surface area contributed by atoms with Gasteiger partial charge in [0.05, 0.1) is 4.90 Å². The minimum absolute atomic E-state index is 0.00167. The van der Waals surface area contributed by atoms with Gasteiger partial charge in [-0.15, -0.1) is 11.4 Å². The van der Waals surface area contributed by atoms with Gasteiger partial charge in [-0.2, -0.15) is 0 Å². The van der Waals surface area contributed by atoms with Gasteiger partial charge in [-0.05, 0) is 31.9 Å². The second-order valence-electron chi connectivity index (χ2n) is 4.46. The lowest BCUT2D eigenvalue weighted by molar-refractivity contribution is -0.116. The number of nitrogens with zero attached hydrogens (tertiary/aromatic N) is 2. The molecule has 0 saturated heterocycles. The Morgan fingerprint density at radius 1 is 1.25 bits per heavy atom. The molecule has 5 nitrogen and oxygen atoms in total. The average molecular weight is 292 g/mol. The van der Waals surface area contributed by atoms with Crippen molar-refractivity contribution in [3.8, 4) is 0 Å². The van der Waals surface area contributed by atoms with Gasteiger partial charge < -0.3 is 5.53 Å². The van der Waals surface area contributed by atoms with Crippen molar-refractivity contribution in [2.45, 2.75) is 31.1 Å². The summed E-state index contributed by atoms with van der Waals surface area (Å²) in [5.74, 6) is -0.697. The van der Waals surface area contributed by atoms with Crippen LogP contribution in [0, 0.1) is 0 Å². The van der Waals surface area contributed by atoms with E-state index in [4.69, 9.17) is 5.53 Å². The quantitative estimate of drug-likeness (QED) is 0.265. The zero-order valence-electron chi connectivity index (χ0n) is 11.2. The maximum Gasteiger partial charge on any atom is 0.451 e. The van der Waals surface area contributed by atoms with Gasteiger partial charge in [-0.25, -0.2) is 8.42 Å². The van der Waals surface area contributed by atoms with Crippen LogP contribution in [-0.4, -0.2) is 24.0 Å². The van der Waals surface area contributed by atoms with Crippen LogP contribution < -0.4 is 0 Å². The Labute approximate surface area is 118 Å². The van der Waals surface area contributed by atoms with Gasteiger partial charge in [0.1, 0.15) is 0 Å². The maximum absolute atomic E-state index is 12.2. The van der Waals surface area contributed by atoms with E-state index in [-0.39, 0.29) is 11.3 Å². The van der Waals surface area contributed by atoms with Gasteiger partial charge in [0.15, 0.2) is 0 Å². The molecule has 6 heteroatoms. The Kier molecular flexibility index (Phi) is 5.55. The molecule has 0 unspecified atom stereocenters. The molecule has 0 bridgehead atoms. The molecule has 0 aliphatic heterocycles. The Balaban J connectivity index is 2.94. The van der Waals surface area contributed by atoms with Gasteiger partial charge in [0.2, 0.25) is 0 Å². The number of carbonyl (C=O) groups excluding carboxylic acids is 1. The van der Waals surface area contributed by atoms with E-state index >= 15 is 0 Å². The number of hydrogen-bond donors (Lipinski definition) is 0. The van der Waals surface area contributed by atoms with Crippen molar-refractivity contribution in [2.75, 3.05) is 0 Å². The van der Waals surface area contributed by atoms with Crippen molar-refractivity contribution in [3.63, 3.8) is 0 Å². The number of carbonyl (C=O) groups is 1. The van der Waals surface area contributed by atoms with Crippen molar-refractivity contribution in [1.29, 1.82) is 0 Å². The molecular weight excluding hydrogens is 276 g/mol. The van der Waals surface area contributed by atoms with Crippen LogP contribution in [0.15, 0.2) is 47.4 Å². The van der Waals surface area contributed by atoms with E-state index < -0.39 is 20.7 Å². The predicted octanol–water partition coefficient (Wildman–Crippen LogP) is 2.40. The molecule has 0 aliphatic carbocycles. The van der Waals surface area contributed by atoms with Crippen LogP contribution in [0.1, 0.15) is 26.2 Å². The minimum Gasteiger partial charge on any atom is -0.360 e. The highest BCUT2D eigenvalue weighted by atomic mass is 32.2. The van der Waals surface area contributed by atoms with E-state index in [1.165, 1.54) is 24.3 Å². The standard InChI is InChI=1S/C14H16N2O3S/c1-11(2)7-6-10-13(17)14(16-15)20(18,19)12-8-4-3-5-9-12/h3-5,8-9H,1,6-7,10H2,2H3. The van der Waals surface area contributed by atoms with E-state index in [0.29, 0.717) is 12.8 Å². The monoisotopic (exact) mass is 292 g/mol. The van der Waals surface area contributed by atoms with Crippen molar-refractivity contribution < 1.29 is 18.0 Å². The first-order valence-corrected chi connectivity index (χ1v) is 7.57. The largest absolute Gasteiger partial charge is 0.451 e. The number of rotatable bonds is 6. The van der Waals surface area contributed by atoms with E-state index in [9.17, 15) is 13.2 Å². The molecule has 0 aliphatic rings. The fraction of sp³-hybridized carbons (Fsp3) is 0.286. The highest BCUT2D eigenvalue weighted by molar-refractivity contribution is 8.08. The SMILES string of the molecule is C=C(C)CCCC(=O)C(=[N+]=[N-])S(=O)(=O)c1ccccc1. The number of sulfone groups is 1. The van der Waals surface area contributed by atoms with Crippen LogP contribution in [-0.2, 0) is 14.6 Å². The molecule has 106 valence electrons. The van der Waals surface area contributed by atoms with Crippen LogP contribution in [0.3, 0.4) is 0 Å². The fourth-order valence-electron chi connectivity index (χ4n) is 1.63. The molecule has 0 saturated carbocycles. The zero-order valence-corrected chi connectivity index (χ0v) is 12.1. The summed E-state index contributed by atoms with van der Waals surface area (Å²) in [6.07, 6.45) is 1.09. The molecule has 0 radical (unpaired) electrons. The molecule has 0 aromatic heterocycles. The molecule has 0 heterocycles. The van der Waals surface area contributed by atoms with Crippen LogP contribution in [0.4, 0.5) is 0 Å². The van der Waals surface area contributed by atoms with Gasteiger partial charge >= 0.3 is 5.04 Å². The molecular formula is C14H16N2O3S. The first-order chi connectivity index (χ1) is 9.39. The maximum atomic E-state index is 12.2. The molecule has 0 atom stereocenters.